The summed E-state index contributed by atoms with van der Waals surface area (Å²) in [7, 11) is 0. The third-order valence-corrected chi connectivity index (χ3v) is 11.2. The molecule has 4 aliphatic rings. The maximum absolute atomic E-state index is 12.0. The molecule has 4 aliphatic carbocycles. The molecule has 0 bridgehead atoms. The van der Waals surface area contributed by atoms with Crippen LogP contribution in [0.1, 0.15) is 97.8 Å². The quantitative estimate of drug-likeness (QED) is 0.262. The van der Waals surface area contributed by atoms with Crippen molar-refractivity contribution in [2.24, 2.45) is 56.0 Å². The van der Waals surface area contributed by atoms with Gasteiger partial charge in [-0.05, 0) is 131 Å². The van der Waals surface area contributed by atoms with E-state index in [0.29, 0.717) is 23.7 Å². The number of hydrogen-bond donors (Lipinski definition) is 1. The number of fused-ring (bicyclic) bond motifs is 5. The highest BCUT2D eigenvalue weighted by Crippen LogP contribution is 2.68. The Morgan fingerprint density at radius 2 is 1.65 bits per heavy atom. The van der Waals surface area contributed by atoms with Gasteiger partial charge in [-0.15, -0.1) is 0 Å². The maximum atomic E-state index is 12.0. The largest absolute Gasteiger partial charge is 0.317 e. The molecule has 7 unspecified atom stereocenters. The molecular weight excluding hydrogens is 428 g/mol. The SMILES string of the molecule is CCNCCCCC(CC1CCC2C3CC(N=O)C4C[C@@H](N=O)CC[C@]4(C)C3CC[C@]12C)N=O. The summed E-state index contributed by atoms with van der Waals surface area (Å²) in [5.74, 6) is 2.52. The van der Waals surface area contributed by atoms with Crippen LogP contribution in [0.2, 0.25) is 0 Å². The molecule has 0 amide bonds. The first kappa shape index (κ1) is 25.8. The summed E-state index contributed by atoms with van der Waals surface area (Å²) >= 11 is 0. The van der Waals surface area contributed by atoms with Gasteiger partial charge in [0.2, 0.25) is 0 Å². The van der Waals surface area contributed by atoms with E-state index in [2.05, 4.69) is 41.6 Å². The molecule has 0 aromatic heterocycles. The molecule has 0 aromatic rings. The number of nitroso groups, excluding NO2 is 3. The zero-order valence-corrected chi connectivity index (χ0v) is 21.6. The molecule has 4 rings (SSSR count). The minimum atomic E-state index is -0.182. The lowest BCUT2D eigenvalue weighted by atomic mass is 9.43. The van der Waals surface area contributed by atoms with E-state index in [1.54, 1.807) is 0 Å². The average molecular weight is 475 g/mol. The Morgan fingerprint density at radius 1 is 0.882 bits per heavy atom. The van der Waals surface area contributed by atoms with Crippen molar-refractivity contribution in [3.63, 3.8) is 0 Å². The van der Waals surface area contributed by atoms with E-state index >= 15 is 0 Å². The van der Waals surface area contributed by atoms with E-state index < -0.39 is 0 Å². The topological polar surface area (TPSA) is 100 Å². The number of rotatable bonds is 11. The monoisotopic (exact) mass is 474 g/mol. The Bertz CT molecular complexity index is 735. The molecule has 10 atom stereocenters. The highest BCUT2D eigenvalue weighted by Gasteiger charge is 2.62. The third kappa shape index (κ3) is 4.62. The van der Waals surface area contributed by atoms with Gasteiger partial charge in [0, 0.05) is 0 Å². The van der Waals surface area contributed by atoms with Crippen molar-refractivity contribution in [3.05, 3.63) is 14.7 Å². The summed E-state index contributed by atoms with van der Waals surface area (Å²) in [5.41, 5.74) is 0.341. The number of nitrogens with one attached hydrogen (secondary N) is 1. The molecule has 7 heteroatoms. The normalized spacial score (nSPS) is 44.4. The second-order valence-electron chi connectivity index (χ2n) is 12.6. The van der Waals surface area contributed by atoms with Crippen LogP contribution in [-0.2, 0) is 0 Å². The maximum Gasteiger partial charge on any atom is 0.0956 e. The van der Waals surface area contributed by atoms with Crippen molar-refractivity contribution >= 4 is 0 Å². The fourth-order valence-corrected chi connectivity index (χ4v) is 9.34. The highest BCUT2D eigenvalue weighted by atomic mass is 16.3. The molecular formula is C27H46N4O3. The van der Waals surface area contributed by atoms with Gasteiger partial charge < -0.3 is 5.32 Å². The number of unbranched alkanes of at least 4 members (excludes halogenated alkanes) is 1. The molecule has 1 N–H and O–H groups in total. The smallest absolute Gasteiger partial charge is 0.0956 e. The Balaban J connectivity index is 1.45. The summed E-state index contributed by atoms with van der Waals surface area (Å²) in [6.07, 6.45) is 12.3. The lowest BCUT2D eigenvalue weighted by Gasteiger charge is -2.61. The Labute approximate surface area is 205 Å². The Morgan fingerprint density at radius 3 is 2.35 bits per heavy atom. The van der Waals surface area contributed by atoms with Crippen LogP contribution in [0.3, 0.4) is 0 Å². The second-order valence-corrected chi connectivity index (χ2v) is 12.6. The van der Waals surface area contributed by atoms with E-state index in [1.165, 1.54) is 25.7 Å². The lowest BCUT2D eigenvalue weighted by molar-refractivity contribution is -0.121. The van der Waals surface area contributed by atoms with Crippen LogP contribution in [-0.4, -0.2) is 31.2 Å². The molecule has 4 saturated carbocycles. The summed E-state index contributed by atoms with van der Waals surface area (Å²) in [4.78, 5) is 35.0. The zero-order valence-electron chi connectivity index (χ0n) is 21.6. The van der Waals surface area contributed by atoms with Gasteiger partial charge in [-0.3, -0.25) is 0 Å². The summed E-state index contributed by atoms with van der Waals surface area (Å²) < 4.78 is 0. The predicted octanol–water partition coefficient (Wildman–Crippen LogP) is 6.83. The first-order valence-electron chi connectivity index (χ1n) is 14.1. The van der Waals surface area contributed by atoms with E-state index in [9.17, 15) is 14.7 Å². The lowest BCUT2D eigenvalue weighted by Crippen LogP contribution is -2.57. The van der Waals surface area contributed by atoms with E-state index in [1.807, 2.05) is 0 Å². The van der Waals surface area contributed by atoms with E-state index in [-0.39, 0.29) is 34.9 Å². The van der Waals surface area contributed by atoms with Crippen molar-refractivity contribution in [1.29, 1.82) is 0 Å². The van der Waals surface area contributed by atoms with Gasteiger partial charge in [0.1, 0.15) is 0 Å². The summed E-state index contributed by atoms with van der Waals surface area (Å²) in [6, 6.07) is -0.392. The Hall–Kier alpha value is -1.24. The summed E-state index contributed by atoms with van der Waals surface area (Å²) in [5, 5.41) is 13.9. The van der Waals surface area contributed by atoms with Crippen molar-refractivity contribution in [2.75, 3.05) is 13.1 Å². The Kier molecular flexibility index (Phi) is 8.20. The van der Waals surface area contributed by atoms with E-state index in [4.69, 9.17) is 0 Å². The first-order chi connectivity index (χ1) is 16.4. The third-order valence-electron chi connectivity index (χ3n) is 11.2. The van der Waals surface area contributed by atoms with Gasteiger partial charge in [-0.2, -0.15) is 14.7 Å². The van der Waals surface area contributed by atoms with Crippen molar-refractivity contribution in [2.45, 2.75) is 116 Å². The van der Waals surface area contributed by atoms with Crippen molar-refractivity contribution in [3.8, 4) is 0 Å². The molecule has 192 valence electrons. The van der Waals surface area contributed by atoms with Crippen LogP contribution in [0.4, 0.5) is 0 Å². The highest BCUT2D eigenvalue weighted by molar-refractivity contribution is 5.12. The zero-order chi connectivity index (χ0) is 24.3. The predicted molar refractivity (Wildman–Crippen MR) is 136 cm³/mol. The molecule has 4 fully saturated rings. The van der Waals surface area contributed by atoms with Crippen LogP contribution in [0.5, 0.6) is 0 Å². The van der Waals surface area contributed by atoms with Crippen LogP contribution < -0.4 is 5.32 Å². The first-order valence-corrected chi connectivity index (χ1v) is 14.1. The molecule has 0 heterocycles. The summed E-state index contributed by atoms with van der Waals surface area (Å²) in [6.45, 7) is 9.00. The standard InChI is InChI=1S/C27H46N4O3/c1-4-28-14-6-5-7-19(29-32)15-18-8-9-22-21-17-25(31-34)24-16-20(30-33)10-12-27(24,3)23(21)11-13-26(18,22)2/h18-25,28H,4-17H2,1-3H3/t18?,19?,20-,21?,22?,23?,24?,25?,26+,27+/m0/s1. The fraction of sp³-hybridized carbons (Fsp3) is 1.00. The van der Waals surface area contributed by atoms with E-state index in [0.717, 1.165) is 64.5 Å². The van der Waals surface area contributed by atoms with Crippen LogP contribution in [0.25, 0.3) is 0 Å². The van der Waals surface area contributed by atoms with Crippen LogP contribution in [0, 0.1) is 55.1 Å². The minimum Gasteiger partial charge on any atom is -0.317 e. The van der Waals surface area contributed by atoms with Gasteiger partial charge >= 0.3 is 0 Å². The molecule has 0 aliphatic heterocycles. The second kappa shape index (κ2) is 10.8. The minimum absolute atomic E-state index is 0.0660. The van der Waals surface area contributed by atoms with Gasteiger partial charge in [0.25, 0.3) is 0 Å². The average Bonchev–Trinajstić information content (AvgIpc) is 3.18. The van der Waals surface area contributed by atoms with Gasteiger partial charge in [-0.1, -0.05) is 36.3 Å². The van der Waals surface area contributed by atoms with Crippen LogP contribution >= 0.6 is 0 Å². The number of hydrogen-bond acceptors (Lipinski definition) is 7. The van der Waals surface area contributed by atoms with Crippen molar-refractivity contribution in [1.82, 2.24) is 5.32 Å². The fourth-order valence-electron chi connectivity index (χ4n) is 9.34. The molecule has 7 nitrogen and oxygen atoms in total. The van der Waals surface area contributed by atoms with Crippen molar-refractivity contribution < 1.29 is 0 Å². The molecule has 0 radical (unpaired) electrons. The number of nitrogens with zero attached hydrogens (tertiary/aromatic N) is 3. The molecule has 0 aromatic carbocycles. The molecule has 0 saturated heterocycles. The molecule has 0 spiro atoms. The molecule has 34 heavy (non-hydrogen) atoms. The van der Waals surface area contributed by atoms with Gasteiger partial charge in [-0.25, -0.2) is 0 Å². The van der Waals surface area contributed by atoms with Gasteiger partial charge in [0.05, 0.1) is 18.1 Å². The van der Waals surface area contributed by atoms with Crippen LogP contribution in [0.15, 0.2) is 15.5 Å². The van der Waals surface area contributed by atoms with Gasteiger partial charge in [0.15, 0.2) is 0 Å².